The number of benzene rings is 2. The molecule has 1 N–H and O–H groups in total. The average Bonchev–Trinajstić information content (AvgIpc) is 3.35. The van der Waals surface area contributed by atoms with E-state index in [4.69, 9.17) is 16.3 Å². The van der Waals surface area contributed by atoms with E-state index in [-0.39, 0.29) is 18.5 Å². The van der Waals surface area contributed by atoms with Crippen molar-refractivity contribution < 1.29 is 22.7 Å². The van der Waals surface area contributed by atoms with Gasteiger partial charge in [-0.1, -0.05) is 43.5 Å². The van der Waals surface area contributed by atoms with Crippen LogP contribution in [-0.2, 0) is 26.2 Å². The van der Waals surface area contributed by atoms with Gasteiger partial charge in [-0.2, -0.15) is 0 Å². The molecule has 1 unspecified atom stereocenters. The van der Waals surface area contributed by atoms with Gasteiger partial charge in [-0.25, -0.2) is 8.42 Å². The highest BCUT2D eigenvalue weighted by molar-refractivity contribution is 7.92. The van der Waals surface area contributed by atoms with Crippen molar-refractivity contribution in [1.82, 2.24) is 10.2 Å². The van der Waals surface area contributed by atoms with Crippen LogP contribution in [0.3, 0.4) is 0 Å². The summed E-state index contributed by atoms with van der Waals surface area (Å²) in [6.07, 6.45) is 5.43. The molecule has 10 heteroatoms. The number of amides is 2. The second kappa shape index (κ2) is 12.6. The fourth-order valence-corrected chi connectivity index (χ4v) is 5.84. The first kappa shape index (κ1) is 28.8. The van der Waals surface area contributed by atoms with Gasteiger partial charge < -0.3 is 15.0 Å². The summed E-state index contributed by atoms with van der Waals surface area (Å²) in [5, 5.41) is 3.57. The number of halogens is 1. The molecule has 1 aliphatic carbocycles. The molecule has 0 bridgehead atoms. The zero-order valence-electron chi connectivity index (χ0n) is 21.9. The van der Waals surface area contributed by atoms with Crippen molar-refractivity contribution in [3.8, 4) is 5.75 Å². The Hall–Kier alpha value is -2.78. The molecule has 0 radical (unpaired) electrons. The molecule has 37 heavy (non-hydrogen) atoms. The third kappa shape index (κ3) is 7.61. The van der Waals surface area contributed by atoms with Gasteiger partial charge in [0.2, 0.25) is 21.8 Å². The van der Waals surface area contributed by atoms with Gasteiger partial charge in [0.05, 0.1) is 19.1 Å². The molecule has 0 spiro atoms. The summed E-state index contributed by atoms with van der Waals surface area (Å²) in [4.78, 5) is 28.6. The molecule has 2 aromatic rings. The van der Waals surface area contributed by atoms with Crippen LogP contribution in [0.2, 0.25) is 5.02 Å². The molecule has 3 rings (SSSR count). The Labute approximate surface area is 225 Å². The maximum Gasteiger partial charge on any atom is 0.244 e. The third-order valence-electron chi connectivity index (χ3n) is 6.71. The lowest BCUT2D eigenvalue weighted by Crippen LogP contribution is -2.53. The second-order valence-corrected chi connectivity index (χ2v) is 11.8. The number of anilines is 1. The van der Waals surface area contributed by atoms with Gasteiger partial charge in [-0.3, -0.25) is 13.9 Å². The number of nitrogens with zero attached hydrogens (tertiary/aromatic N) is 2. The Morgan fingerprint density at radius 2 is 1.78 bits per heavy atom. The zero-order valence-corrected chi connectivity index (χ0v) is 23.4. The molecule has 0 saturated heterocycles. The predicted molar refractivity (Wildman–Crippen MR) is 146 cm³/mol. The summed E-state index contributed by atoms with van der Waals surface area (Å²) in [5.74, 6) is -0.0111. The Morgan fingerprint density at radius 3 is 2.32 bits per heavy atom. The molecule has 0 heterocycles. The number of carbonyl (C=O) groups is 2. The van der Waals surface area contributed by atoms with Crippen molar-refractivity contribution in [3.63, 3.8) is 0 Å². The fourth-order valence-electron chi connectivity index (χ4n) is 4.71. The minimum atomic E-state index is -3.81. The van der Waals surface area contributed by atoms with Gasteiger partial charge in [0.15, 0.2) is 0 Å². The first-order valence-electron chi connectivity index (χ1n) is 12.5. The van der Waals surface area contributed by atoms with Gasteiger partial charge in [-0.15, -0.1) is 0 Å². The lowest BCUT2D eigenvalue weighted by atomic mass is 10.1. The van der Waals surface area contributed by atoms with Crippen LogP contribution in [-0.4, -0.2) is 57.1 Å². The lowest BCUT2D eigenvalue weighted by molar-refractivity contribution is -0.140. The van der Waals surface area contributed by atoms with Crippen molar-refractivity contribution in [2.45, 2.75) is 64.6 Å². The van der Waals surface area contributed by atoms with Gasteiger partial charge >= 0.3 is 0 Å². The monoisotopic (exact) mass is 549 g/mol. The van der Waals surface area contributed by atoms with Crippen LogP contribution in [0.4, 0.5) is 5.69 Å². The second-order valence-electron chi connectivity index (χ2n) is 9.48. The van der Waals surface area contributed by atoms with Crippen LogP contribution in [0, 0.1) is 6.92 Å². The van der Waals surface area contributed by atoms with Crippen molar-refractivity contribution in [1.29, 1.82) is 0 Å². The van der Waals surface area contributed by atoms with E-state index in [2.05, 4.69) is 5.32 Å². The zero-order chi connectivity index (χ0) is 27.2. The Balaban J connectivity index is 1.94. The number of hydrogen-bond acceptors (Lipinski definition) is 5. The summed E-state index contributed by atoms with van der Waals surface area (Å²) in [7, 11) is -2.24. The summed E-state index contributed by atoms with van der Waals surface area (Å²) in [6.45, 7) is 3.30. The Kier molecular flexibility index (Phi) is 9.84. The van der Waals surface area contributed by atoms with Gasteiger partial charge in [-0.05, 0) is 67.6 Å². The largest absolute Gasteiger partial charge is 0.497 e. The minimum absolute atomic E-state index is 0.101. The van der Waals surface area contributed by atoms with Gasteiger partial charge in [0.25, 0.3) is 0 Å². The van der Waals surface area contributed by atoms with Crippen LogP contribution in [0.25, 0.3) is 0 Å². The number of methoxy groups -OCH3 is 1. The van der Waals surface area contributed by atoms with E-state index in [9.17, 15) is 18.0 Å². The Morgan fingerprint density at radius 1 is 1.14 bits per heavy atom. The topological polar surface area (TPSA) is 96.0 Å². The number of aryl methyl sites for hydroxylation is 1. The quantitative estimate of drug-likeness (QED) is 0.451. The molecule has 1 saturated carbocycles. The van der Waals surface area contributed by atoms with E-state index in [1.807, 2.05) is 19.1 Å². The number of carbonyl (C=O) groups excluding carboxylic acids is 2. The summed E-state index contributed by atoms with van der Waals surface area (Å²) < 4.78 is 31.9. The highest BCUT2D eigenvalue weighted by Gasteiger charge is 2.33. The van der Waals surface area contributed by atoms with Crippen LogP contribution < -0.4 is 14.4 Å². The maximum absolute atomic E-state index is 13.8. The number of sulfonamides is 1. The van der Waals surface area contributed by atoms with E-state index >= 15 is 0 Å². The van der Waals surface area contributed by atoms with Crippen molar-refractivity contribution in [2.75, 3.05) is 24.2 Å². The van der Waals surface area contributed by atoms with E-state index in [1.54, 1.807) is 44.4 Å². The van der Waals surface area contributed by atoms with Crippen LogP contribution in [0.1, 0.15) is 50.2 Å². The summed E-state index contributed by atoms with van der Waals surface area (Å²) >= 11 is 6.07. The molecular formula is C27H36ClN3O5S. The molecule has 0 aliphatic heterocycles. The predicted octanol–water partition coefficient (Wildman–Crippen LogP) is 4.29. The van der Waals surface area contributed by atoms with Crippen molar-refractivity contribution >= 4 is 39.1 Å². The molecule has 8 nitrogen and oxygen atoms in total. The van der Waals surface area contributed by atoms with Gasteiger partial charge in [0, 0.05) is 17.6 Å². The standard InChI is InChI=1S/C27H36ClN3O5S/c1-5-24(27(33)29-22-8-6-7-9-22)30(17-20-10-13-23(36-3)14-11-20)26(32)18-31(37(4,34)35)25-15-12-21(28)16-19(25)2/h10-16,22,24H,5-9,17-18H2,1-4H3,(H,29,33). The summed E-state index contributed by atoms with van der Waals surface area (Å²) in [6, 6.07) is 11.4. The fraction of sp³-hybridized carbons (Fsp3) is 0.481. The van der Waals surface area contributed by atoms with E-state index < -0.39 is 28.5 Å². The van der Waals surface area contributed by atoms with Crippen LogP contribution in [0.5, 0.6) is 5.75 Å². The highest BCUT2D eigenvalue weighted by Crippen LogP contribution is 2.26. The van der Waals surface area contributed by atoms with E-state index in [0.29, 0.717) is 28.4 Å². The average molecular weight is 550 g/mol. The molecule has 202 valence electrons. The van der Waals surface area contributed by atoms with Crippen molar-refractivity contribution in [3.05, 3.63) is 58.6 Å². The number of ether oxygens (including phenoxy) is 1. The highest BCUT2D eigenvalue weighted by atomic mass is 35.5. The molecule has 2 aromatic carbocycles. The van der Waals surface area contributed by atoms with Crippen LogP contribution >= 0.6 is 11.6 Å². The molecule has 0 aromatic heterocycles. The smallest absolute Gasteiger partial charge is 0.244 e. The van der Waals surface area contributed by atoms with E-state index in [1.165, 1.54) is 4.90 Å². The van der Waals surface area contributed by atoms with E-state index in [0.717, 1.165) is 41.8 Å². The third-order valence-corrected chi connectivity index (χ3v) is 8.07. The normalized spacial score (nSPS) is 14.7. The minimum Gasteiger partial charge on any atom is -0.497 e. The molecule has 1 aliphatic rings. The maximum atomic E-state index is 13.8. The number of nitrogens with one attached hydrogen (secondary N) is 1. The molecule has 1 fully saturated rings. The van der Waals surface area contributed by atoms with Gasteiger partial charge in [0.1, 0.15) is 18.3 Å². The van der Waals surface area contributed by atoms with Crippen LogP contribution in [0.15, 0.2) is 42.5 Å². The Bertz CT molecular complexity index is 1200. The molecule has 1 atom stereocenters. The molecular weight excluding hydrogens is 514 g/mol. The summed E-state index contributed by atoms with van der Waals surface area (Å²) in [5.41, 5.74) is 1.79. The SMILES string of the molecule is CCC(C(=O)NC1CCCC1)N(Cc1ccc(OC)cc1)C(=O)CN(c1ccc(Cl)cc1C)S(C)(=O)=O. The molecule has 2 amide bonds. The first-order valence-corrected chi connectivity index (χ1v) is 14.7. The number of hydrogen-bond donors (Lipinski definition) is 1. The lowest BCUT2D eigenvalue weighted by Gasteiger charge is -2.33. The van der Waals surface area contributed by atoms with Crippen molar-refractivity contribution in [2.24, 2.45) is 0 Å². The first-order chi connectivity index (χ1) is 17.5. The number of rotatable bonds is 11.